The van der Waals surface area contributed by atoms with Crippen LogP contribution in [0.15, 0.2) is 23.8 Å². The summed E-state index contributed by atoms with van der Waals surface area (Å²) >= 11 is 0. The summed E-state index contributed by atoms with van der Waals surface area (Å²) in [7, 11) is 0. The number of fused-ring (bicyclic) bond motifs is 3. The summed E-state index contributed by atoms with van der Waals surface area (Å²) in [5.74, 6) is 0.893. The second-order valence-electron chi connectivity index (χ2n) is 4.42. The minimum Gasteiger partial charge on any atom is -0.335 e. The van der Waals surface area contributed by atoms with Crippen LogP contribution in [0.1, 0.15) is 25.7 Å². The molecule has 2 heteroatoms. The largest absolute Gasteiger partial charge is 0.335 e. The van der Waals surface area contributed by atoms with Crippen molar-refractivity contribution in [1.82, 2.24) is 4.90 Å². The zero-order chi connectivity index (χ0) is 9.54. The van der Waals surface area contributed by atoms with Crippen LogP contribution in [0.4, 0.5) is 0 Å². The Bertz CT molecular complexity index is 329. The number of allylic oxidation sites excluding steroid dienone is 2. The normalized spacial score (nSPS) is 35.3. The summed E-state index contributed by atoms with van der Waals surface area (Å²) in [6.45, 7) is 0.936. The third-order valence-corrected chi connectivity index (χ3v) is 3.62. The molecular weight excluding hydrogens is 174 g/mol. The van der Waals surface area contributed by atoms with E-state index >= 15 is 0 Å². The van der Waals surface area contributed by atoms with Crippen molar-refractivity contribution in [3.63, 3.8) is 0 Å². The Balaban J connectivity index is 1.95. The molecule has 1 amide bonds. The first-order chi connectivity index (χ1) is 6.86. The number of hydrogen-bond acceptors (Lipinski definition) is 1. The van der Waals surface area contributed by atoms with Crippen LogP contribution in [-0.2, 0) is 4.79 Å². The lowest BCUT2D eigenvalue weighted by atomic mass is 9.96. The van der Waals surface area contributed by atoms with Crippen LogP contribution in [0.5, 0.6) is 0 Å². The molecule has 3 rings (SSSR count). The van der Waals surface area contributed by atoms with Gasteiger partial charge in [0, 0.05) is 18.9 Å². The van der Waals surface area contributed by atoms with Gasteiger partial charge in [-0.05, 0) is 24.8 Å². The van der Waals surface area contributed by atoms with Gasteiger partial charge in [-0.2, -0.15) is 0 Å². The molecule has 3 aliphatic rings. The minimum atomic E-state index is 0.359. The topological polar surface area (TPSA) is 20.3 Å². The highest BCUT2D eigenvalue weighted by Crippen LogP contribution is 2.38. The molecule has 2 saturated heterocycles. The molecule has 14 heavy (non-hydrogen) atoms. The molecule has 2 atom stereocenters. The van der Waals surface area contributed by atoms with Crippen LogP contribution in [-0.4, -0.2) is 23.4 Å². The van der Waals surface area contributed by atoms with Crippen LogP contribution in [0.2, 0.25) is 0 Å². The fraction of sp³-hybridized carbons (Fsp3) is 0.583. The van der Waals surface area contributed by atoms with Gasteiger partial charge < -0.3 is 4.90 Å². The van der Waals surface area contributed by atoms with E-state index in [1.165, 1.54) is 12.0 Å². The minimum absolute atomic E-state index is 0.359. The Kier molecular flexibility index (Phi) is 1.76. The summed E-state index contributed by atoms with van der Waals surface area (Å²) in [4.78, 5) is 13.6. The van der Waals surface area contributed by atoms with E-state index in [-0.39, 0.29) is 0 Å². The lowest BCUT2D eigenvalue weighted by molar-refractivity contribution is -0.127. The molecule has 74 valence electrons. The molecule has 0 aromatic rings. The van der Waals surface area contributed by atoms with E-state index in [4.69, 9.17) is 0 Å². The van der Waals surface area contributed by atoms with Crippen molar-refractivity contribution in [3.05, 3.63) is 23.8 Å². The first-order valence-electron chi connectivity index (χ1n) is 5.52. The Morgan fingerprint density at radius 1 is 1.36 bits per heavy atom. The highest BCUT2D eigenvalue weighted by molar-refractivity contribution is 5.80. The first-order valence-corrected chi connectivity index (χ1v) is 5.52. The lowest BCUT2D eigenvalue weighted by Crippen LogP contribution is -2.27. The van der Waals surface area contributed by atoms with Crippen LogP contribution >= 0.6 is 0 Å². The summed E-state index contributed by atoms with van der Waals surface area (Å²) in [6.07, 6.45) is 11.1. The molecule has 0 radical (unpaired) electrons. The first kappa shape index (κ1) is 8.27. The summed E-state index contributed by atoms with van der Waals surface area (Å²) in [6, 6.07) is 0.454. The maximum atomic E-state index is 11.6. The van der Waals surface area contributed by atoms with E-state index in [0.717, 1.165) is 25.8 Å². The molecule has 2 nitrogen and oxygen atoms in total. The van der Waals surface area contributed by atoms with Gasteiger partial charge in [-0.3, -0.25) is 4.79 Å². The number of hydrogen-bond donors (Lipinski definition) is 0. The van der Waals surface area contributed by atoms with Crippen molar-refractivity contribution in [1.29, 1.82) is 0 Å². The molecule has 2 fully saturated rings. The zero-order valence-electron chi connectivity index (χ0n) is 8.28. The van der Waals surface area contributed by atoms with E-state index in [0.29, 0.717) is 17.9 Å². The zero-order valence-corrected chi connectivity index (χ0v) is 8.28. The van der Waals surface area contributed by atoms with Gasteiger partial charge in [0.2, 0.25) is 5.91 Å². The van der Waals surface area contributed by atoms with E-state index in [1.54, 1.807) is 0 Å². The van der Waals surface area contributed by atoms with Crippen LogP contribution < -0.4 is 0 Å². The molecule has 2 aliphatic heterocycles. The van der Waals surface area contributed by atoms with Crippen molar-refractivity contribution in [2.45, 2.75) is 31.7 Å². The summed E-state index contributed by atoms with van der Waals surface area (Å²) in [5, 5.41) is 0. The maximum absolute atomic E-state index is 11.6. The summed E-state index contributed by atoms with van der Waals surface area (Å²) < 4.78 is 0. The second kappa shape index (κ2) is 2.97. The third kappa shape index (κ3) is 1.06. The Labute approximate surface area is 84.3 Å². The van der Waals surface area contributed by atoms with E-state index in [9.17, 15) is 4.79 Å². The molecule has 0 N–H and O–H groups in total. The molecule has 0 aromatic carbocycles. The van der Waals surface area contributed by atoms with Crippen molar-refractivity contribution in [2.75, 3.05) is 6.54 Å². The molecular formula is C12H15NO. The van der Waals surface area contributed by atoms with Gasteiger partial charge in [0.25, 0.3) is 0 Å². The van der Waals surface area contributed by atoms with Crippen LogP contribution in [0.25, 0.3) is 0 Å². The highest BCUT2D eigenvalue weighted by Gasteiger charge is 2.42. The van der Waals surface area contributed by atoms with Gasteiger partial charge in [-0.1, -0.05) is 18.2 Å². The standard InChI is InChI=1S/C12H15NO/c14-12-7-6-11-10-5-3-1-2-4-9(10)8-13(11)12/h2,4-5,9,11H,1,3,6-8H2/t9-,11?/m0/s1. The van der Waals surface area contributed by atoms with Crippen molar-refractivity contribution >= 4 is 5.91 Å². The van der Waals surface area contributed by atoms with E-state index in [1.807, 2.05) is 0 Å². The van der Waals surface area contributed by atoms with Crippen molar-refractivity contribution in [3.8, 4) is 0 Å². The number of amides is 1. The van der Waals surface area contributed by atoms with Crippen molar-refractivity contribution < 1.29 is 4.79 Å². The van der Waals surface area contributed by atoms with Crippen LogP contribution in [0, 0.1) is 5.92 Å². The smallest absolute Gasteiger partial charge is 0.223 e. The number of carbonyl (C=O) groups is 1. The van der Waals surface area contributed by atoms with Gasteiger partial charge in [0.15, 0.2) is 0 Å². The Morgan fingerprint density at radius 2 is 2.29 bits per heavy atom. The molecule has 0 bridgehead atoms. The molecule has 1 aliphatic carbocycles. The van der Waals surface area contributed by atoms with Crippen molar-refractivity contribution in [2.24, 2.45) is 5.92 Å². The molecule has 0 aromatic heterocycles. The molecule has 1 unspecified atom stereocenters. The van der Waals surface area contributed by atoms with Gasteiger partial charge in [0.1, 0.15) is 0 Å². The maximum Gasteiger partial charge on any atom is 0.223 e. The highest BCUT2D eigenvalue weighted by atomic mass is 16.2. The Hall–Kier alpha value is -1.05. The van der Waals surface area contributed by atoms with Gasteiger partial charge in [-0.25, -0.2) is 0 Å². The average molecular weight is 189 g/mol. The predicted molar refractivity (Wildman–Crippen MR) is 54.7 cm³/mol. The van der Waals surface area contributed by atoms with Gasteiger partial charge in [-0.15, -0.1) is 0 Å². The SMILES string of the molecule is O=C1CCC2C3=CCCC=C[C@H]3CN12. The van der Waals surface area contributed by atoms with E-state index in [2.05, 4.69) is 23.1 Å². The van der Waals surface area contributed by atoms with Gasteiger partial charge >= 0.3 is 0 Å². The monoisotopic (exact) mass is 189 g/mol. The third-order valence-electron chi connectivity index (χ3n) is 3.62. The number of carbonyl (C=O) groups excluding carboxylic acids is 1. The predicted octanol–water partition coefficient (Wildman–Crippen LogP) is 1.88. The quantitative estimate of drug-likeness (QED) is 0.533. The summed E-state index contributed by atoms with van der Waals surface area (Å²) in [5.41, 5.74) is 1.52. The van der Waals surface area contributed by atoms with Crippen LogP contribution in [0.3, 0.4) is 0 Å². The molecule has 2 heterocycles. The Morgan fingerprint density at radius 3 is 3.21 bits per heavy atom. The average Bonchev–Trinajstić information content (AvgIpc) is 2.60. The fourth-order valence-corrected chi connectivity index (χ4v) is 2.94. The lowest BCUT2D eigenvalue weighted by Gasteiger charge is -2.14. The number of rotatable bonds is 0. The van der Waals surface area contributed by atoms with Gasteiger partial charge in [0.05, 0.1) is 6.04 Å². The van der Waals surface area contributed by atoms with E-state index < -0.39 is 0 Å². The fourth-order valence-electron chi connectivity index (χ4n) is 2.94. The molecule has 0 spiro atoms. The second-order valence-corrected chi connectivity index (χ2v) is 4.42. The number of nitrogens with zero attached hydrogens (tertiary/aromatic N) is 1. The molecule has 0 saturated carbocycles.